The van der Waals surface area contributed by atoms with Crippen molar-refractivity contribution in [2.24, 2.45) is 0 Å². The van der Waals surface area contributed by atoms with Crippen molar-refractivity contribution in [3.05, 3.63) is 0 Å². The molecule has 0 aromatic carbocycles. The molecule has 0 aliphatic carbocycles. The van der Waals surface area contributed by atoms with Gasteiger partial charge in [0.15, 0.2) is 0 Å². The molecule has 158 valence electrons. The molecule has 0 amide bonds. The zero-order valence-electron chi connectivity index (χ0n) is 18.1. The molecule has 26 heavy (non-hydrogen) atoms. The van der Waals surface area contributed by atoms with Crippen LogP contribution in [-0.2, 0) is 13.6 Å². The Balaban J connectivity index is 3.66. The summed E-state index contributed by atoms with van der Waals surface area (Å²) in [7, 11) is -2.86. The van der Waals surface area contributed by atoms with Gasteiger partial charge in [-0.05, 0) is 19.3 Å². The quantitative estimate of drug-likeness (QED) is 0.145. The molecule has 3 nitrogen and oxygen atoms in total. The van der Waals surface area contributed by atoms with Crippen LogP contribution >= 0.6 is 7.60 Å². The molecule has 0 aliphatic rings. The Bertz CT molecular complexity index is 307. The second-order valence-electron chi connectivity index (χ2n) is 7.60. The third kappa shape index (κ3) is 17.6. The summed E-state index contributed by atoms with van der Waals surface area (Å²) < 4.78 is 24.1. The van der Waals surface area contributed by atoms with Gasteiger partial charge in [0.2, 0.25) is 0 Å². The molecule has 0 unspecified atom stereocenters. The van der Waals surface area contributed by atoms with Crippen LogP contribution < -0.4 is 0 Å². The van der Waals surface area contributed by atoms with E-state index in [-0.39, 0.29) is 0 Å². The summed E-state index contributed by atoms with van der Waals surface area (Å²) >= 11 is 0. The first-order chi connectivity index (χ1) is 12.7. The van der Waals surface area contributed by atoms with E-state index < -0.39 is 7.60 Å². The number of hydrogen-bond donors (Lipinski definition) is 0. The van der Waals surface area contributed by atoms with Crippen molar-refractivity contribution in [2.75, 3.05) is 19.4 Å². The van der Waals surface area contributed by atoms with Gasteiger partial charge >= 0.3 is 7.60 Å². The molecule has 0 saturated heterocycles. The minimum Gasteiger partial charge on any atom is -0.309 e. The minimum absolute atomic E-state index is 0.568. The van der Waals surface area contributed by atoms with E-state index >= 15 is 0 Å². The topological polar surface area (TPSA) is 35.5 Å². The number of rotatable bonds is 21. The highest BCUT2D eigenvalue weighted by Gasteiger charge is 2.23. The highest BCUT2D eigenvalue weighted by molar-refractivity contribution is 7.53. The average molecular weight is 391 g/mol. The molecule has 0 fully saturated rings. The molecule has 0 aliphatic heterocycles. The Morgan fingerprint density at radius 3 is 1.23 bits per heavy atom. The standard InChI is InChI=1S/C22H47O3P/c1-4-7-10-11-12-13-14-15-16-17-18-19-22-26(23,24-20-8-5-2)25-21-9-6-3/h4-22H2,1-3H3. The summed E-state index contributed by atoms with van der Waals surface area (Å²) in [6, 6.07) is 0. The first-order valence-electron chi connectivity index (χ1n) is 11.6. The van der Waals surface area contributed by atoms with E-state index in [4.69, 9.17) is 9.05 Å². The molecular formula is C22H47O3P. The van der Waals surface area contributed by atoms with Gasteiger partial charge in [0, 0.05) is 0 Å². The van der Waals surface area contributed by atoms with E-state index in [1.807, 2.05) is 0 Å². The average Bonchev–Trinajstić information content (AvgIpc) is 2.63. The molecular weight excluding hydrogens is 343 g/mol. The van der Waals surface area contributed by atoms with Gasteiger partial charge in [0.1, 0.15) is 0 Å². The molecule has 0 rings (SSSR count). The zero-order valence-corrected chi connectivity index (χ0v) is 19.0. The number of unbranched alkanes of at least 4 members (excludes halogenated alkanes) is 13. The van der Waals surface area contributed by atoms with Crippen LogP contribution in [0, 0.1) is 0 Å². The van der Waals surface area contributed by atoms with Gasteiger partial charge in [-0.15, -0.1) is 0 Å². The SMILES string of the molecule is CCCCCCCCCCCCCCP(=O)(OCCCC)OCCCC. The van der Waals surface area contributed by atoms with Crippen molar-refractivity contribution in [3.63, 3.8) is 0 Å². The lowest BCUT2D eigenvalue weighted by molar-refractivity contribution is 0.199. The summed E-state index contributed by atoms with van der Waals surface area (Å²) in [5, 5.41) is 0. The fraction of sp³-hybridized carbons (Fsp3) is 1.00. The van der Waals surface area contributed by atoms with Crippen molar-refractivity contribution in [3.8, 4) is 0 Å². The van der Waals surface area contributed by atoms with E-state index in [9.17, 15) is 4.57 Å². The van der Waals surface area contributed by atoms with Crippen molar-refractivity contribution in [1.29, 1.82) is 0 Å². The zero-order chi connectivity index (χ0) is 19.3. The Morgan fingerprint density at radius 1 is 0.500 bits per heavy atom. The summed E-state index contributed by atoms with van der Waals surface area (Å²) in [5.74, 6) is 0. The molecule has 0 atom stereocenters. The maximum absolute atomic E-state index is 12.8. The highest BCUT2D eigenvalue weighted by Crippen LogP contribution is 2.49. The predicted molar refractivity (Wildman–Crippen MR) is 115 cm³/mol. The maximum Gasteiger partial charge on any atom is 0.330 e. The van der Waals surface area contributed by atoms with Crippen LogP contribution in [0.5, 0.6) is 0 Å². The van der Waals surface area contributed by atoms with E-state index in [1.54, 1.807) is 0 Å². The molecule has 0 aromatic rings. The van der Waals surface area contributed by atoms with Gasteiger partial charge in [-0.3, -0.25) is 4.57 Å². The van der Waals surface area contributed by atoms with Crippen molar-refractivity contribution in [2.45, 2.75) is 124 Å². The van der Waals surface area contributed by atoms with Crippen LogP contribution in [-0.4, -0.2) is 19.4 Å². The van der Waals surface area contributed by atoms with Gasteiger partial charge in [-0.1, -0.05) is 104 Å². The van der Waals surface area contributed by atoms with E-state index in [1.165, 1.54) is 64.2 Å². The monoisotopic (exact) mass is 390 g/mol. The lowest BCUT2D eigenvalue weighted by Gasteiger charge is -2.18. The summed E-state index contributed by atoms with van der Waals surface area (Å²) in [6.07, 6.45) is 20.4. The molecule has 0 N–H and O–H groups in total. The number of hydrogen-bond acceptors (Lipinski definition) is 3. The first-order valence-corrected chi connectivity index (χ1v) is 13.3. The Kier molecular flexibility index (Phi) is 20.0. The molecule has 0 aromatic heterocycles. The van der Waals surface area contributed by atoms with Crippen LogP contribution in [0.3, 0.4) is 0 Å². The fourth-order valence-corrected chi connectivity index (χ4v) is 4.77. The molecule has 0 bridgehead atoms. The largest absolute Gasteiger partial charge is 0.330 e. The Labute approximate surface area is 164 Å². The third-order valence-electron chi connectivity index (χ3n) is 4.86. The normalized spacial score (nSPS) is 12.0. The van der Waals surface area contributed by atoms with Gasteiger partial charge in [0.05, 0.1) is 19.4 Å². The lowest BCUT2D eigenvalue weighted by atomic mass is 10.1. The molecule has 4 heteroatoms. The second-order valence-corrected chi connectivity index (χ2v) is 9.78. The van der Waals surface area contributed by atoms with Crippen molar-refractivity contribution < 1.29 is 13.6 Å². The smallest absolute Gasteiger partial charge is 0.309 e. The predicted octanol–water partition coefficient (Wildman–Crippen LogP) is 8.51. The van der Waals surface area contributed by atoms with E-state index in [0.717, 1.165) is 38.5 Å². The van der Waals surface area contributed by atoms with Gasteiger partial charge < -0.3 is 9.05 Å². The van der Waals surface area contributed by atoms with Crippen molar-refractivity contribution in [1.82, 2.24) is 0 Å². The van der Waals surface area contributed by atoms with Gasteiger partial charge in [-0.25, -0.2) is 0 Å². The van der Waals surface area contributed by atoms with Crippen LogP contribution in [0.2, 0.25) is 0 Å². The third-order valence-corrected chi connectivity index (χ3v) is 6.87. The van der Waals surface area contributed by atoms with E-state index in [2.05, 4.69) is 20.8 Å². The van der Waals surface area contributed by atoms with Crippen molar-refractivity contribution >= 4 is 7.60 Å². The van der Waals surface area contributed by atoms with Gasteiger partial charge in [0.25, 0.3) is 0 Å². The molecule has 0 heterocycles. The summed E-state index contributed by atoms with van der Waals surface area (Å²) in [4.78, 5) is 0. The Morgan fingerprint density at radius 2 is 0.846 bits per heavy atom. The summed E-state index contributed by atoms with van der Waals surface area (Å²) in [6.45, 7) is 7.65. The molecule has 0 radical (unpaired) electrons. The van der Waals surface area contributed by atoms with Crippen LogP contribution in [0.25, 0.3) is 0 Å². The minimum atomic E-state index is -2.86. The fourth-order valence-electron chi connectivity index (χ4n) is 3.01. The Hall–Kier alpha value is 0.150. The molecule has 0 saturated carbocycles. The first kappa shape index (κ1) is 26.1. The van der Waals surface area contributed by atoms with Crippen LogP contribution in [0.1, 0.15) is 124 Å². The highest BCUT2D eigenvalue weighted by atomic mass is 31.2. The summed E-state index contributed by atoms with van der Waals surface area (Å²) in [5.41, 5.74) is 0. The van der Waals surface area contributed by atoms with Gasteiger partial charge in [-0.2, -0.15) is 0 Å². The second kappa shape index (κ2) is 19.9. The molecule has 0 spiro atoms. The van der Waals surface area contributed by atoms with Crippen LogP contribution in [0.15, 0.2) is 0 Å². The van der Waals surface area contributed by atoms with Crippen LogP contribution in [0.4, 0.5) is 0 Å². The lowest BCUT2D eigenvalue weighted by Crippen LogP contribution is -2.03. The van der Waals surface area contributed by atoms with E-state index in [0.29, 0.717) is 19.4 Å². The maximum atomic E-state index is 12.8.